The van der Waals surface area contributed by atoms with Crippen LogP contribution in [0.15, 0.2) is 59.9 Å². The summed E-state index contributed by atoms with van der Waals surface area (Å²) in [5, 5.41) is 11.1. The van der Waals surface area contributed by atoms with E-state index in [-0.39, 0.29) is 64.3 Å². The van der Waals surface area contributed by atoms with Gasteiger partial charge in [0.25, 0.3) is 17.4 Å². The number of hydrogen-bond donors (Lipinski definition) is 2. The number of hydrogen-bond acceptors (Lipinski definition) is 10. The number of allylic oxidation sites excluding steroid dienone is 1. The van der Waals surface area contributed by atoms with Crippen molar-refractivity contribution in [3.05, 3.63) is 110 Å². The molecule has 5 amide bonds. The quantitative estimate of drug-likeness (QED) is 0.241. The molecule has 2 atom stereocenters. The van der Waals surface area contributed by atoms with Gasteiger partial charge in [0.05, 0.1) is 31.0 Å². The summed E-state index contributed by atoms with van der Waals surface area (Å²) in [6.45, 7) is 15.7. The molecule has 16 nitrogen and oxygen atoms in total. The monoisotopic (exact) mass is 1060 g/mol. The van der Waals surface area contributed by atoms with Crippen molar-refractivity contribution < 1.29 is 33.1 Å². The van der Waals surface area contributed by atoms with Gasteiger partial charge in [0.15, 0.2) is 0 Å². The minimum atomic E-state index is -0.618. The van der Waals surface area contributed by atoms with Crippen LogP contribution in [0.1, 0.15) is 121 Å². The molecule has 5 aliphatic heterocycles. The van der Waals surface area contributed by atoms with Crippen molar-refractivity contribution in [2.24, 2.45) is 23.2 Å². The number of benzene rings is 2. The van der Waals surface area contributed by atoms with Gasteiger partial charge in [-0.05, 0) is 119 Å². The number of amides is 5. The van der Waals surface area contributed by atoms with Crippen LogP contribution in [-0.2, 0) is 25.5 Å². The van der Waals surface area contributed by atoms with Gasteiger partial charge in [-0.3, -0.25) is 38.6 Å². The van der Waals surface area contributed by atoms with E-state index in [1.165, 1.54) is 6.07 Å². The number of ether oxygens (including phenoxy) is 1. The van der Waals surface area contributed by atoms with Crippen LogP contribution in [0.3, 0.4) is 0 Å². The first-order chi connectivity index (χ1) is 37.4. The number of carbonyl (C=O) groups is 5. The van der Waals surface area contributed by atoms with Gasteiger partial charge in [0, 0.05) is 112 Å². The average molecular weight is 1060 g/mol. The number of H-pyrrole nitrogens is 1. The van der Waals surface area contributed by atoms with Gasteiger partial charge in [0.2, 0.25) is 17.7 Å². The van der Waals surface area contributed by atoms with Crippen molar-refractivity contribution >= 4 is 41.7 Å². The number of carbonyl (C=O) groups excluding carboxylic acids is 5. The molecule has 7 aliphatic rings. The fraction of sp³-hybridized carbons (Fsp3) is 0.583. The summed E-state index contributed by atoms with van der Waals surface area (Å²) in [5.41, 5.74) is 2.78. The van der Waals surface area contributed by atoms with Gasteiger partial charge >= 0.3 is 0 Å². The van der Waals surface area contributed by atoms with Crippen LogP contribution in [-0.4, -0.2) is 180 Å². The first kappa shape index (κ1) is 54.3. The maximum atomic E-state index is 15.2. The predicted octanol–water partition coefficient (Wildman–Crippen LogP) is 3.92. The normalized spacial score (nSPS) is 22.9. The minimum Gasteiger partial charge on any atom is -0.380 e. The number of nitrogens with one attached hydrogen (secondary N) is 2. The lowest BCUT2D eigenvalue weighted by molar-refractivity contribution is -0.189. The molecule has 2 aliphatic carbocycles. The van der Waals surface area contributed by atoms with Crippen LogP contribution in [0.2, 0.25) is 0 Å². The van der Waals surface area contributed by atoms with Crippen LogP contribution >= 0.6 is 0 Å². The molecule has 10 rings (SSSR count). The van der Waals surface area contributed by atoms with Crippen molar-refractivity contribution in [2.45, 2.75) is 95.9 Å². The largest absolute Gasteiger partial charge is 0.380 e. The molecule has 5 saturated heterocycles. The summed E-state index contributed by atoms with van der Waals surface area (Å²) in [6, 6.07) is 11.7. The highest BCUT2D eigenvalue weighted by Crippen LogP contribution is 2.51. The Morgan fingerprint density at radius 3 is 2.25 bits per heavy atom. The number of rotatable bonds is 14. The van der Waals surface area contributed by atoms with Crippen molar-refractivity contribution in [2.75, 3.05) is 105 Å². The van der Waals surface area contributed by atoms with E-state index in [0.29, 0.717) is 85.5 Å². The van der Waals surface area contributed by atoms with Crippen LogP contribution in [0.4, 0.5) is 4.39 Å². The first-order valence-electron chi connectivity index (χ1n) is 28.6. The molecule has 17 heteroatoms. The lowest BCUT2D eigenvalue weighted by Crippen LogP contribution is -2.57. The molecule has 7 fully saturated rings. The third kappa shape index (κ3) is 12.5. The Bertz CT molecular complexity index is 2850. The molecule has 412 valence electrons. The molecule has 6 heterocycles. The Morgan fingerprint density at radius 1 is 0.818 bits per heavy atom. The zero-order valence-corrected chi connectivity index (χ0v) is 45.0. The summed E-state index contributed by atoms with van der Waals surface area (Å²) < 4.78 is 20.6. The summed E-state index contributed by atoms with van der Waals surface area (Å²) in [4.78, 5) is 93.7. The fourth-order valence-electron chi connectivity index (χ4n) is 13.4. The van der Waals surface area contributed by atoms with Gasteiger partial charge in [-0.1, -0.05) is 62.3 Å². The smallest absolute Gasteiger partial charge is 0.271 e. The number of aromatic nitrogens is 2. The Morgan fingerprint density at radius 2 is 1.55 bits per heavy atom. The van der Waals surface area contributed by atoms with Crippen LogP contribution in [0.5, 0.6) is 0 Å². The average Bonchev–Trinajstić information content (AvgIpc) is 3.43. The van der Waals surface area contributed by atoms with Crippen molar-refractivity contribution in [1.82, 2.24) is 44.9 Å². The van der Waals surface area contributed by atoms with Crippen LogP contribution < -0.4 is 21.3 Å². The summed E-state index contributed by atoms with van der Waals surface area (Å²) in [6.07, 6.45) is 16.1. The van der Waals surface area contributed by atoms with E-state index >= 15 is 4.39 Å². The maximum absolute atomic E-state index is 15.2. The molecule has 0 radical (unpaired) electrons. The van der Waals surface area contributed by atoms with E-state index in [1.54, 1.807) is 47.1 Å². The van der Waals surface area contributed by atoms with E-state index in [2.05, 4.69) is 42.9 Å². The predicted molar refractivity (Wildman–Crippen MR) is 292 cm³/mol. The third-order valence-electron chi connectivity index (χ3n) is 18.1. The second kappa shape index (κ2) is 24.3. The zero-order chi connectivity index (χ0) is 53.6. The highest BCUT2D eigenvalue weighted by molar-refractivity contribution is 5.98. The molecule has 2 N–H and O–H groups in total. The maximum Gasteiger partial charge on any atom is 0.271 e. The molecular weight excluding hydrogens is 978 g/mol. The minimum absolute atomic E-state index is 0.0267. The second-order valence-electron chi connectivity index (χ2n) is 23.2. The van der Waals surface area contributed by atoms with Gasteiger partial charge in [-0.25, -0.2) is 9.49 Å². The Hall–Kier alpha value is -6.04. The SMILES string of the molecule is C=C/C=c1/c(Cc2ccc(F)c(C(=O)N3CCN(C(=O)CN4CCC(CN5CCN(C(=O)C(NC(=O)c6cccc(C7CCCN(C(=O)C8CC9(COC9)C8)C7)c6)C6CCCCC6)CC5)CC4)CC3)c2)n[nH]c(=O)/c1=C/C. The number of aromatic amines is 1. The number of nitrogens with zero attached hydrogens (tertiary/aromatic N) is 7. The van der Waals surface area contributed by atoms with Crippen molar-refractivity contribution in [1.29, 1.82) is 0 Å². The Balaban J connectivity index is 0.657. The lowest BCUT2D eigenvalue weighted by atomic mass is 9.60. The molecule has 2 saturated carbocycles. The van der Waals surface area contributed by atoms with E-state index < -0.39 is 17.8 Å². The molecule has 2 aromatic carbocycles. The number of piperidine rings is 2. The lowest BCUT2D eigenvalue weighted by Gasteiger charge is -2.53. The molecule has 2 unspecified atom stereocenters. The summed E-state index contributed by atoms with van der Waals surface area (Å²) >= 11 is 0. The molecule has 0 bridgehead atoms. The second-order valence-corrected chi connectivity index (χ2v) is 23.2. The number of likely N-dealkylation sites (tertiary alicyclic amines) is 2. The standard InChI is InChI=1S/C60H78FN9O7/c1-3-10-49-48(4-2)56(73)64-63-52(49)32-42-16-17-51(61)50(31-42)58(75)68-29-27-67(28-30-68)53(71)38-65-21-18-41(19-22-65)36-66-23-25-69(26-24-66)59(76)54(43-11-6-5-7-12-43)62-55(72)45-14-8-13-44(33-45)46-15-9-20-70(37-46)57(74)47-34-60(35-47)39-77-40-60/h3-4,8,10,13-14,16-17,31,33,41,43,46-47,54H,1,5-7,9,11-12,15,18-30,32,34-40H2,2H3,(H,62,72)(H,64,73)/b48-4+,49-10+. The van der Waals surface area contributed by atoms with E-state index in [9.17, 15) is 28.8 Å². The van der Waals surface area contributed by atoms with Gasteiger partial charge in [-0.2, -0.15) is 5.10 Å². The highest BCUT2D eigenvalue weighted by Gasteiger charge is 2.53. The van der Waals surface area contributed by atoms with Crippen LogP contribution in [0, 0.1) is 29.0 Å². The van der Waals surface area contributed by atoms with Gasteiger partial charge in [-0.15, -0.1) is 0 Å². The highest BCUT2D eigenvalue weighted by atomic mass is 19.1. The number of piperazine rings is 2. The molecule has 1 aromatic heterocycles. The Kier molecular flexibility index (Phi) is 17.2. The molecule has 3 aromatic rings. The summed E-state index contributed by atoms with van der Waals surface area (Å²) in [5.74, 6) is -0.0484. The molecule has 77 heavy (non-hydrogen) atoms. The third-order valence-corrected chi connectivity index (χ3v) is 18.1. The van der Waals surface area contributed by atoms with Crippen molar-refractivity contribution in [3.63, 3.8) is 0 Å². The number of halogens is 1. The molecule has 1 spiro atoms. The fourth-order valence-corrected chi connectivity index (χ4v) is 13.4. The van der Waals surface area contributed by atoms with Crippen molar-refractivity contribution in [3.8, 4) is 0 Å². The van der Waals surface area contributed by atoms with Gasteiger partial charge in [0.1, 0.15) is 11.9 Å². The van der Waals surface area contributed by atoms with E-state index in [4.69, 9.17) is 4.74 Å². The first-order valence-corrected chi connectivity index (χ1v) is 28.6. The topological polar surface area (TPSA) is 172 Å². The Labute approximate surface area is 451 Å². The van der Waals surface area contributed by atoms with E-state index in [0.717, 1.165) is 129 Å². The summed E-state index contributed by atoms with van der Waals surface area (Å²) in [7, 11) is 0. The van der Waals surface area contributed by atoms with Gasteiger partial charge < -0.3 is 29.7 Å². The van der Waals surface area contributed by atoms with Crippen LogP contribution in [0.25, 0.3) is 12.2 Å². The zero-order valence-electron chi connectivity index (χ0n) is 45.0. The van der Waals surface area contributed by atoms with E-state index in [1.807, 2.05) is 23.1 Å². The molecular formula is C60H78FN9O7.